The van der Waals surface area contributed by atoms with Gasteiger partial charge < -0.3 is 15.6 Å². The van der Waals surface area contributed by atoms with Crippen molar-refractivity contribution in [2.75, 3.05) is 19.6 Å². The SMILES string of the molecule is O=c1cc(CNCC2CCNCC2)nc(-c2cccnc2)[nH]1. The number of piperidine rings is 1. The number of nitrogens with zero attached hydrogens (tertiary/aromatic N) is 2. The molecule has 0 amide bonds. The zero-order valence-electron chi connectivity index (χ0n) is 12.5. The summed E-state index contributed by atoms with van der Waals surface area (Å²) in [6.45, 7) is 3.78. The van der Waals surface area contributed by atoms with Crippen molar-refractivity contribution in [3.63, 3.8) is 0 Å². The van der Waals surface area contributed by atoms with E-state index in [-0.39, 0.29) is 5.56 Å². The van der Waals surface area contributed by atoms with Gasteiger partial charge in [-0.05, 0) is 50.5 Å². The molecule has 3 rings (SSSR count). The monoisotopic (exact) mass is 299 g/mol. The second-order valence-corrected chi connectivity index (χ2v) is 5.65. The van der Waals surface area contributed by atoms with Gasteiger partial charge in [0.15, 0.2) is 0 Å². The third-order valence-corrected chi connectivity index (χ3v) is 3.93. The number of H-pyrrole nitrogens is 1. The maximum atomic E-state index is 11.8. The smallest absolute Gasteiger partial charge is 0.251 e. The Kier molecular flexibility index (Phi) is 4.92. The first-order valence-corrected chi connectivity index (χ1v) is 7.73. The first kappa shape index (κ1) is 14.9. The summed E-state index contributed by atoms with van der Waals surface area (Å²) in [5.41, 5.74) is 1.45. The molecule has 6 nitrogen and oxygen atoms in total. The quantitative estimate of drug-likeness (QED) is 0.765. The summed E-state index contributed by atoms with van der Waals surface area (Å²) in [5.74, 6) is 1.28. The normalized spacial score (nSPS) is 15.8. The van der Waals surface area contributed by atoms with Crippen LogP contribution in [-0.2, 0) is 6.54 Å². The average molecular weight is 299 g/mol. The molecule has 0 unspecified atom stereocenters. The third kappa shape index (κ3) is 3.99. The molecule has 0 atom stereocenters. The molecule has 2 aromatic rings. The van der Waals surface area contributed by atoms with Crippen LogP contribution >= 0.6 is 0 Å². The lowest BCUT2D eigenvalue weighted by atomic mass is 9.98. The van der Waals surface area contributed by atoms with E-state index in [4.69, 9.17) is 0 Å². The van der Waals surface area contributed by atoms with E-state index in [1.807, 2.05) is 12.1 Å². The van der Waals surface area contributed by atoms with Gasteiger partial charge in [0.1, 0.15) is 5.82 Å². The number of aromatic amines is 1. The molecule has 1 aliphatic rings. The number of hydrogen-bond acceptors (Lipinski definition) is 5. The summed E-state index contributed by atoms with van der Waals surface area (Å²) in [6.07, 6.45) is 5.81. The third-order valence-electron chi connectivity index (χ3n) is 3.93. The Morgan fingerprint density at radius 3 is 2.95 bits per heavy atom. The van der Waals surface area contributed by atoms with Gasteiger partial charge in [-0.2, -0.15) is 0 Å². The minimum atomic E-state index is -0.132. The van der Waals surface area contributed by atoms with Gasteiger partial charge in [-0.1, -0.05) is 0 Å². The van der Waals surface area contributed by atoms with Crippen LogP contribution in [0.2, 0.25) is 0 Å². The highest BCUT2D eigenvalue weighted by atomic mass is 16.1. The maximum Gasteiger partial charge on any atom is 0.251 e. The second-order valence-electron chi connectivity index (χ2n) is 5.65. The number of pyridine rings is 1. The first-order valence-electron chi connectivity index (χ1n) is 7.73. The van der Waals surface area contributed by atoms with Gasteiger partial charge in [-0.25, -0.2) is 4.98 Å². The van der Waals surface area contributed by atoms with Crippen molar-refractivity contribution < 1.29 is 0 Å². The molecule has 0 spiro atoms. The summed E-state index contributed by atoms with van der Waals surface area (Å²) in [5, 5.41) is 6.78. The van der Waals surface area contributed by atoms with Crippen molar-refractivity contribution in [2.45, 2.75) is 19.4 Å². The lowest BCUT2D eigenvalue weighted by Gasteiger charge is -2.22. The van der Waals surface area contributed by atoms with Crippen LogP contribution in [0.25, 0.3) is 11.4 Å². The Labute approximate surface area is 129 Å². The highest BCUT2D eigenvalue weighted by Crippen LogP contribution is 2.12. The van der Waals surface area contributed by atoms with Crippen molar-refractivity contribution >= 4 is 0 Å². The minimum Gasteiger partial charge on any atom is -0.317 e. The molecule has 1 saturated heterocycles. The van der Waals surface area contributed by atoms with Crippen molar-refractivity contribution in [2.24, 2.45) is 5.92 Å². The zero-order valence-corrected chi connectivity index (χ0v) is 12.5. The summed E-state index contributed by atoms with van der Waals surface area (Å²) < 4.78 is 0. The van der Waals surface area contributed by atoms with Crippen LogP contribution in [0.5, 0.6) is 0 Å². The zero-order chi connectivity index (χ0) is 15.2. The van der Waals surface area contributed by atoms with E-state index in [9.17, 15) is 4.79 Å². The van der Waals surface area contributed by atoms with E-state index >= 15 is 0 Å². The predicted octanol–water partition coefficient (Wildman–Crippen LogP) is 0.921. The fourth-order valence-electron chi connectivity index (χ4n) is 2.73. The van der Waals surface area contributed by atoms with Crippen LogP contribution in [0.1, 0.15) is 18.5 Å². The highest BCUT2D eigenvalue weighted by molar-refractivity contribution is 5.52. The highest BCUT2D eigenvalue weighted by Gasteiger charge is 2.12. The molecule has 6 heteroatoms. The number of nitrogens with one attached hydrogen (secondary N) is 3. The minimum absolute atomic E-state index is 0.132. The molecule has 1 fully saturated rings. The average Bonchev–Trinajstić information content (AvgIpc) is 2.56. The summed E-state index contributed by atoms with van der Waals surface area (Å²) >= 11 is 0. The van der Waals surface area contributed by atoms with Crippen molar-refractivity contribution in [3.8, 4) is 11.4 Å². The van der Waals surface area contributed by atoms with Gasteiger partial charge >= 0.3 is 0 Å². The molecule has 1 aliphatic heterocycles. The van der Waals surface area contributed by atoms with Crippen LogP contribution in [0.15, 0.2) is 35.4 Å². The van der Waals surface area contributed by atoms with Gasteiger partial charge in [0.2, 0.25) is 0 Å². The lowest BCUT2D eigenvalue weighted by molar-refractivity contribution is 0.356. The number of aromatic nitrogens is 3. The molecule has 0 radical (unpaired) electrons. The van der Waals surface area contributed by atoms with Crippen LogP contribution < -0.4 is 16.2 Å². The Balaban J connectivity index is 1.64. The first-order chi connectivity index (χ1) is 10.8. The molecular weight excluding hydrogens is 278 g/mol. The fraction of sp³-hybridized carbons (Fsp3) is 0.438. The molecule has 22 heavy (non-hydrogen) atoms. The van der Waals surface area contributed by atoms with Crippen molar-refractivity contribution in [1.29, 1.82) is 0 Å². The predicted molar refractivity (Wildman–Crippen MR) is 85.4 cm³/mol. The van der Waals surface area contributed by atoms with Gasteiger partial charge in [0.05, 0.1) is 5.69 Å². The maximum absolute atomic E-state index is 11.8. The van der Waals surface area contributed by atoms with E-state index in [0.29, 0.717) is 18.3 Å². The van der Waals surface area contributed by atoms with Crippen LogP contribution in [0.3, 0.4) is 0 Å². The standard InChI is InChI=1S/C16H21N5O/c22-15-8-14(11-19-9-12-3-6-17-7-4-12)20-16(21-15)13-2-1-5-18-10-13/h1-2,5,8,10,12,17,19H,3-4,6-7,9,11H2,(H,20,21,22). The van der Waals surface area contributed by atoms with E-state index in [0.717, 1.165) is 30.9 Å². The Hall–Kier alpha value is -2.05. The fourth-order valence-corrected chi connectivity index (χ4v) is 2.73. The van der Waals surface area contributed by atoms with Crippen LogP contribution in [0.4, 0.5) is 0 Å². The summed E-state index contributed by atoms with van der Waals surface area (Å²) in [7, 11) is 0. The summed E-state index contributed by atoms with van der Waals surface area (Å²) in [4.78, 5) is 23.1. The van der Waals surface area contributed by atoms with Crippen molar-refractivity contribution in [3.05, 3.63) is 46.6 Å². The molecule has 3 N–H and O–H groups in total. The second kappa shape index (κ2) is 7.29. The largest absolute Gasteiger partial charge is 0.317 e. The number of hydrogen-bond donors (Lipinski definition) is 3. The van der Waals surface area contributed by atoms with Crippen molar-refractivity contribution in [1.82, 2.24) is 25.6 Å². The Morgan fingerprint density at radius 2 is 2.18 bits per heavy atom. The van der Waals surface area contributed by atoms with E-state index in [1.54, 1.807) is 18.5 Å². The van der Waals surface area contributed by atoms with Gasteiger partial charge in [0.25, 0.3) is 5.56 Å². The van der Waals surface area contributed by atoms with Gasteiger partial charge in [-0.15, -0.1) is 0 Å². The molecule has 3 heterocycles. The molecule has 0 aromatic carbocycles. The number of rotatable bonds is 5. The molecule has 2 aromatic heterocycles. The van der Waals surface area contributed by atoms with E-state index in [1.165, 1.54) is 12.8 Å². The molecule has 116 valence electrons. The lowest BCUT2D eigenvalue weighted by Crippen LogP contribution is -2.33. The van der Waals surface area contributed by atoms with Crippen LogP contribution in [0, 0.1) is 5.92 Å². The Bertz CT molecular complexity index is 649. The molecule has 0 saturated carbocycles. The topological polar surface area (TPSA) is 82.7 Å². The Morgan fingerprint density at radius 1 is 1.32 bits per heavy atom. The summed E-state index contributed by atoms with van der Waals surface area (Å²) in [6, 6.07) is 5.27. The molecule has 0 bridgehead atoms. The van der Waals surface area contributed by atoms with Gasteiger partial charge in [0, 0.05) is 30.6 Å². The van der Waals surface area contributed by atoms with E-state index < -0.39 is 0 Å². The van der Waals surface area contributed by atoms with E-state index in [2.05, 4.69) is 25.6 Å². The van der Waals surface area contributed by atoms with Crippen LogP contribution in [-0.4, -0.2) is 34.6 Å². The molecular formula is C16H21N5O. The molecule has 0 aliphatic carbocycles. The van der Waals surface area contributed by atoms with Gasteiger partial charge in [-0.3, -0.25) is 9.78 Å².